The SMILES string of the molecule is CC/C=C(\C)C(=O)N1CC(n2nncc2I)C1. The van der Waals surface area contributed by atoms with Gasteiger partial charge in [0.05, 0.1) is 12.2 Å². The van der Waals surface area contributed by atoms with Crippen molar-refractivity contribution in [3.63, 3.8) is 0 Å². The number of nitrogens with zero attached hydrogens (tertiary/aromatic N) is 4. The highest BCUT2D eigenvalue weighted by Gasteiger charge is 2.33. The third kappa shape index (κ3) is 2.51. The molecule has 2 heterocycles. The molecule has 0 aliphatic carbocycles. The van der Waals surface area contributed by atoms with Crippen LogP contribution in [0.25, 0.3) is 0 Å². The molecule has 0 unspecified atom stereocenters. The molecule has 2 rings (SSSR count). The molecule has 0 N–H and O–H groups in total. The maximum atomic E-state index is 11.9. The third-order valence-corrected chi connectivity index (χ3v) is 3.65. The molecule has 0 aromatic carbocycles. The van der Waals surface area contributed by atoms with E-state index in [0.717, 1.165) is 28.8 Å². The summed E-state index contributed by atoms with van der Waals surface area (Å²) in [5.74, 6) is 0.137. The summed E-state index contributed by atoms with van der Waals surface area (Å²) in [6.45, 7) is 5.37. The zero-order chi connectivity index (χ0) is 12.4. The van der Waals surface area contributed by atoms with Gasteiger partial charge < -0.3 is 4.90 Å². The summed E-state index contributed by atoms with van der Waals surface area (Å²) in [5, 5.41) is 7.87. The van der Waals surface area contributed by atoms with Gasteiger partial charge in [-0.3, -0.25) is 4.79 Å². The summed E-state index contributed by atoms with van der Waals surface area (Å²) < 4.78 is 2.89. The van der Waals surface area contributed by atoms with E-state index in [0.29, 0.717) is 0 Å². The van der Waals surface area contributed by atoms with Gasteiger partial charge in [0.15, 0.2) is 0 Å². The van der Waals surface area contributed by atoms with Crippen LogP contribution in [0.1, 0.15) is 26.3 Å². The van der Waals surface area contributed by atoms with Crippen LogP contribution in [0.15, 0.2) is 17.8 Å². The van der Waals surface area contributed by atoms with Crippen molar-refractivity contribution in [3.8, 4) is 0 Å². The molecule has 1 amide bonds. The lowest BCUT2D eigenvalue weighted by Gasteiger charge is -2.39. The van der Waals surface area contributed by atoms with Crippen molar-refractivity contribution >= 4 is 28.5 Å². The molecule has 0 radical (unpaired) electrons. The second-order valence-electron chi connectivity index (χ2n) is 4.16. The molecule has 0 spiro atoms. The Kier molecular flexibility index (Phi) is 3.80. The van der Waals surface area contributed by atoms with Gasteiger partial charge in [0.1, 0.15) is 3.70 Å². The van der Waals surface area contributed by atoms with E-state index in [9.17, 15) is 4.79 Å². The normalized spacial score (nSPS) is 17.1. The number of aromatic nitrogens is 3. The van der Waals surface area contributed by atoms with Crippen LogP contribution >= 0.6 is 22.6 Å². The van der Waals surface area contributed by atoms with E-state index in [2.05, 4.69) is 32.9 Å². The highest BCUT2D eigenvalue weighted by molar-refractivity contribution is 14.1. The number of hydrogen-bond donors (Lipinski definition) is 0. The smallest absolute Gasteiger partial charge is 0.249 e. The van der Waals surface area contributed by atoms with Crippen molar-refractivity contribution in [2.24, 2.45) is 0 Å². The Labute approximate surface area is 114 Å². The minimum Gasteiger partial charge on any atom is -0.335 e. The predicted octanol–water partition coefficient (Wildman–Crippen LogP) is 1.62. The number of likely N-dealkylation sites (tertiary alicyclic amines) is 1. The van der Waals surface area contributed by atoms with Crippen molar-refractivity contribution in [3.05, 3.63) is 21.5 Å². The lowest BCUT2D eigenvalue weighted by atomic mass is 10.1. The van der Waals surface area contributed by atoms with Gasteiger partial charge in [-0.15, -0.1) is 5.10 Å². The van der Waals surface area contributed by atoms with Gasteiger partial charge in [-0.05, 0) is 35.9 Å². The topological polar surface area (TPSA) is 51.0 Å². The van der Waals surface area contributed by atoms with Gasteiger partial charge in [0, 0.05) is 18.7 Å². The second kappa shape index (κ2) is 5.16. The summed E-state index contributed by atoms with van der Waals surface area (Å²) >= 11 is 2.20. The average molecular weight is 346 g/mol. The van der Waals surface area contributed by atoms with E-state index in [4.69, 9.17) is 0 Å². The lowest BCUT2D eigenvalue weighted by molar-refractivity contribution is -0.132. The molecule has 1 aromatic heterocycles. The van der Waals surface area contributed by atoms with Crippen LogP contribution < -0.4 is 0 Å². The van der Waals surface area contributed by atoms with Crippen LogP contribution in [-0.4, -0.2) is 38.9 Å². The summed E-state index contributed by atoms with van der Waals surface area (Å²) in [6, 6.07) is 0.280. The Bertz CT molecular complexity index is 448. The lowest BCUT2D eigenvalue weighted by Crippen LogP contribution is -2.51. The Hall–Kier alpha value is -0.920. The Morgan fingerprint density at radius 2 is 2.35 bits per heavy atom. The number of allylic oxidation sites excluding steroid dienone is 1. The molecule has 5 nitrogen and oxygen atoms in total. The Morgan fingerprint density at radius 1 is 1.65 bits per heavy atom. The van der Waals surface area contributed by atoms with Crippen LogP contribution in [0.5, 0.6) is 0 Å². The highest BCUT2D eigenvalue weighted by Crippen LogP contribution is 2.23. The standard InChI is InChI=1S/C11H15IN4O/c1-3-4-8(2)11(17)15-6-9(7-15)16-10(12)5-13-14-16/h4-5,9H,3,6-7H2,1-2H3/b8-4+. The van der Waals surface area contributed by atoms with E-state index in [1.807, 2.05) is 29.5 Å². The molecule has 0 atom stereocenters. The van der Waals surface area contributed by atoms with Crippen LogP contribution in [0.2, 0.25) is 0 Å². The summed E-state index contributed by atoms with van der Waals surface area (Å²) in [5.41, 5.74) is 0.833. The van der Waals surface area contributed by atoms with Crippen molar-refractivity contribution in [1.82, 2.24) is 19.9 Å². The first kappa shape index (κ1) is 12.5. The minimum atomic E-state index is 0.137. The number of hydrogen-bond acceptors (Lipinski definition) is 3. The number of amides is 1. The van der Waals surface area contributed by atoms with Crippen molar-refractivity contribution in [2.45, 2.75) is 26.3 Å². The van der Waals surface area contributed by atoms with Gasteiger partial charge in [0.2, 0.25) is 5.91 Å². The van der Waals surface area contributed by atoms with Gasteiger partial charge >= 0.3 is 0 Å². The zero-order valence-corrected chi connectivity index (χ0v) is 12.1. The van der Waals surface area contributed by atoms with E-state index in [1.54, 1.807) is 6.20 Å². The number of carbonyl (C=O) groups is 1. The molecule has 1 aromatic rings. The second-order valence-corrected chi connectivity index (χ2v) is 5.27. The highest BCUT2D eigenvalue weighted by atomic mass is 127. The summed E-state index contributed by atoms with van der Waals surface area (Å²) in [7, 11) is 0. The fraction of sp³-hybridized carbons (Fsp3) is 0.545. The number of rotatable bonds is 3. The zero-order valence-electron chi connectivity index (χ0n) is 9.93. The maximum Gasteiger partial charge on any atom is 0.249 e. The van der Waals surface area contributed by atoms with Crippen molar-refractivity contribution in [1.29, 1.82) is 0 Å². The molecule has 1 fully saturated rings. The van der Waals surface area contributed by atoms with E-state index < -0.39 is 0 Å². The first-order valence-electron chi connectivity index (χ1n) is 5.65. The first-order valence-corrected chi connectivity index (χ1v) is 6.73. The van der Waals surface area contributed by atoms with Gasteiger partial charge in [0.25, 0.3) is 0 Å². The molecule has 92 valence electrons. The number of carbonyl (C=O) groups excluding carboxylic acids is 1. The molecular weight excluding hydrogens is 331 g/mol. The van der Waals surface area contributed by atoms with Crippen molar-refractivity contribution < 1.29 is 4.79 Å². The molecule has 1 aliphatic heterocycles. The quantitative estimate of drug-likeness (QED) is 0.617. The maximum absolute atomic E-state index is 11.9. The van der Waals surface area contributed by atoms with Crippen LogP contribution in [0, 0.1) is 3.70 Å². The molecule has 1 aliphatic rings. The van der Waals surface area contributed by atoms with Gasteiger partial charge in [-0.2, -0.15) is 0 Å². The minimum absolute atomic E-state index is 0.137. The van der Waals surface area contributed by atoms with Crippen LogP contribution in [-0.2, 0) is 4.79 Å². The Balaban J connectivity index is 1.93. The largest absolute Gasteiger partial charge is 0.335 e. The van der Waals surface area contributed by atoms with Gasteiger partial charge in [-0.25, -0.2) is 4.68 Å². The molecule has 6 heteroatoms. The van der Waals surface area contributed by atoms with E-state index >= 15 is 0 Å². The molecule has 0 saturated carbocycles. The molecular formula is C11H15IN4O. The fourth-order valence-corrected chi connectivity index (χ4v) is 2.51. The monoisotopic (exact) mass is 346 g/mol. The summed E-state index contributed by atoms with van der Waals surface area (Å²) in [6.07, 6.45) is 4.60. The Morgan fingerprint density at radius 3 is 2.88 bits per heavy atom. The van der Waals surface area contributed by atoms with Gasteiger partial charge in [-0.1, -0.05) is 18.2 Å². The third-order valence-electron chi connectivity index (χ3n) is 2.87. The number of halogens is 1. The molecule has 1 saturated heterocycles. The average Bonchev–Trinajstić information content (AvgIpc) is 2.63. The summed E-state index contributed by atoms with van der Waals surface area (Å²) in [4.78, 5) is 13.8. The van der Waals surface area contributed by atoms with Crippen LogP contribution in [0.4, 0.5) is 0 Å². The molecule has 0 bridgehead atoms. The van der Waals surface area contributed by atoms with E-state index in [1.165, 1.54) is 0 Å². The van der Waals surface area contributed by atoms with Crippen LogP contribution in [0.3, 0.4) is 0 Å². The first-order chi connectivity index (χ1) is 8.13. The molecule has 17 heavy (non-hydrogen) atoms. The van der Waals surface area contributed by atoms with Crippen molar-refractivity contribution in [2.75, 3.05) is 13.1 Å². The predicted molar refractivity (Wildman–Crippen MR) is 72.4 cm³/mol. The van der Waals surface area contributed by atoms with E-state index in [-0.39, 0.29) is 11.9 Å². The fourth-order valence-electron chi connectivity index (χ4n) is 1.90.